The summed E-state index contributed by atoms with van der Waals surface area (Å²) in [5, 5.41) is 13.3. The van der Waals surface area contributed by atoms with E-state index in [1.807, 2.05) is 16.8 Å². The zero-order chi connectivity index (χ0) is 17.3. The maximum atomic E-state index is 12.6. The Bertz CT molecular complexity index is 753. The van der Waals surface area contributed by atoms with Crippen molar-refractivity contribution in [2.24, 2.45) is 5.41 Å². The van der Waals surface area contributed by atoms with E-state index in [0.717, 1.165) is 5.56 Å². The SMILES string of the molecule is Cc1oc(-c2ccsc2)nc1CC(=O)N1CCCC(C)(C(=O)O)C1. The highest BCUT2D eigenvalue weighted by Gasteiger charge is 2.39. The third-order valence-electron chi connectivity index (χ3n) is 4.54. The van der Waals surface area contributed by atoms with Crippen LogP contribution >= 0.6 is 11.3 Å². The number of carboxylic acid groups (broad SMARTS) is 1. The van der Waals surface area contributed by atoms with E-state index in [9.17, 15) is 14.7 Å². The number of carboxylic acids is 1. The zero-order valence-corrected chi connectivity index (χ0v) is 14.6. The molecule has 2 aromatic rings. The summed E-state index contributed by atoms with van der Waals surface area (Å²) in [6, 6.07) is 1.92. The first kappa shape index (κ1) is 16.7. The third kappa shape index (κ3) is 3.21. The molecule has 6 nitrogen and oxygen atoms in total. The Hall–Kier alpha value is -2.15. The van der Waals surface area contributed by atoms with Gasteiger partial charge in [0.25, 0.3) is 0 Å². The molecule has 0 radical (unpaired) electrons. The molecule has 128 valence electrons. The highest BCUT2D eigenvalue weighted by atomic mass is 32.1. The monoisotopic (exact) mass is 348 g/mol. The topological polar surface area (TPSA) is 83.6 Å². The minimum Gasteiger partial charge on any atom is -0.481 e. The van der Waals surface area contributed by atoms with Crippen LogP contribution in [-0.2, 0) is 16.0 Å². The number of amides is 1. The number of carbonyl (C=O) groups is 2. The third-order valence-corrected chi connectivity index (χ3v) is 5.23. The summed E-state index contributed by atoms with van der Waals surface area (Å²) in [4.78, 5) is 30.1. The van der Waals surface area contributed by atoms with E-state index in [4.69, 9.17) is 4.42 Å². The molecule has 0 aliphatic carbocycles. The molecule has 7 heteroatoms. The van der Waals surface area contributed by atoms with Gasteiger partial charge in [-0.15, -0.1) is 0 Å². The average molecular weight is 348 g/mol. The van der Waals surface area contributed by atoms with Crippen LogP contribution in [-0.4, -0.2) is 40.0 Å². The molecule has 1 N–H and O–H groups in total. The Labute approximate surface area is 144 Å². The van der Waals surface area contributed by atoms with Gasteiger partial charge in [-0.1, -0.05) is 0 Å². The smallest absolute Gasteiger partial charge is 0.311 e. The zero-order valence-electron chi connectivity index (χ0n) is 13.7. The predicted molar refractivity (Wildman–Crippen MR) is 89.8 cm³/mol. The van der Waals surface area contributed by atoms with Gasteiger partial charge >= 0.3 is 5.97 Å². The number of piperidine rings is 1. The van der Waals surface area contributed by atoms with Crippen LogP contribution in [0.5, 0.6) is 0 Å². The Kier molecular flexibility index (Phi) is 4.45. The number of hydrogen-bond donors (Lipinski definition) is 1. The second-order valence-electron chi connectivity index (χ2n) is 6.50. The number of rotatable bonds is 4. The van der Waals surface area contributed by atoms with Gasteiger partial charge in [-0.05, 0) is 38.1 Å². The molecule has 1 aliphatic rings. The van der Waals surface area contributed by atoms with Crippen molar-refractivity contribution >= 4 is 23.2 Å². The van der Waals surface area contributed by atoms with Crippen molar-refractivity contribution in [2.75, 3.05) is 13.1 Å². The van der Waals surface area contributed by atoms with E-state index in [2.05, 4.69) is 4.98 Å². The second-order valence-corrected chi connectivity index (χ2v) is 7.28. The van der Waals surface area contributed by atoms with Gasteiger partial charge in [-0.3, -0.25) is 9.59 Å². The molecule has 3 heterocycles. The molecule has 1 atom stereocenters. The Morgan fingerprint density at radius 3 is 2.96 bits per heavy atom. The number of hydrogen-bond acceptors (Lipinski definition) is 5. The summed E-state index contributed by atoms with van der Waals surface area (Å²) < 4.78 is 5.66. The van der Waals surface area contributed by atoms with Gasteiger partial charge in [0, 0.05) is 24.0 Å². The normalized spacial score (nSPS) is 21.0. The summed E-state index contributed by atoms with van der Waals surface area (Å²) in [6.45, 7) is 4.33. The van der Waals surface area contributed by atoms with Crippen LogP contribution in [0.1, 0.15) is 31.2 Å². The molecule has 2 aromatic heterocycles. The number of nitrogens with zero attached hydrogens (tertiary/aromatic N) is 2. The summed E-state index contributed by atoms with van der Waals surface area (Å²) in [7, 11) is 0. The van der Waals surface area contributed by atoms with E-state index in [1.165, 1.54) is 0 Å². The highest BCUT2D eigenvalue weighted by Crippen LogP contribution is 2.30. The van der Waals surface area contributed by atoms with Crippen LogP contribution < -0.4 is 0 Å². The van der Waals surface area contributed by atoms with Crippen LogP contribution in [0.25, 0.3) is 11.5 Å². The predicted octanol–water partition coefficient (Wildman–Crippen LogP) is 2.97. The molecule has 3 rings (SSSR count). The van der Waals surface area contributed by atoms with Crippen LogP contribution in [0.4, 0.5) is 0 Å². The minimum atomic E-state index is -0.866. The molecule has 24 heavy (non-hydrogen) atoms. The fourth-order valence-corrected chi connectivity index (χ4v) is 3.61. The first-order chi connectivity index (χ1) is 11.4. The van der Waals surface area contributed by atoms with Crippen LogP contribution in [0.2, 0.25) is 0 Å². The lowest BCUT2D eigenvalue weighted by Crippen LogP contribution is -2.48. The fraction of sp³-hybridized carbons (Fsp3) is 0.471. The Morgan fingerprint density at radius 2 is 2.29 bits per heavy atom. The van der Waals surface area contributed by atoms with Crippen molar-refractivity contribution in [1.29, 1.82) is 0 Å². The standard InChI is InChI=1S/C17H20N2O4S/c1-11-13(18-15(23-11)12-4-7-24-9-12)8-14(20)19-6-3-5-17(2,10-19)16(21)22/h4,7,9H,3,5-6,8,10H2,1-2H3,(H,21,22). The Balaban J connectivity index is 1.72. The largest absolute Gasteiger partial charge is 0.481 e. The van der Waals surface area contributed by atoms with Crippen molar-refractivity contribution in [3.05, 3.63) is 28.3 Å². The molecule has 0 saturated carbocycles. The van der Waals surface area contributed by atoms with Crippen LogP contribution in [0.15, 0.2) is 21.2 Å². The van der Waals surface area contributed by atoms with Crippen molar-refractivity contribution in [1.82, 2.24) is 9.88 Å². The molecule has 0 bridgehead atoms. The van der Waals surface area contributed by atoms with Gasteiger partial charge in [0.15, 0.2) is 0 Å². The van der Waals surface area contributed by atoms with E-state index in [0.29, 0.717) is 36.7 Å². The minimum absolute atomic E-state index is 0.101. The fourth-order valence-electron chi connectivity index (χ4n) is 2.98. The summed E-state index contributed by atoms with van der Waals surface area (Å²) >= 11 is 1.56. The molecule has 1 fully saturated rings. The molecular weight excluding hydrogens is 328 g/mol. The number of carbonyl (C=O) groups excluding carboxylic acids is 1. The molecule has 1 unspecified atom stereocenters. The van der Waals surface area contributed by atoms with Gasteiger partial charge in [0.2, 0.25) is 11.8 Å². The lowest BCUT2D eigenvalue weighted by Gasteiger charge is -2.37. The van der Waals surface area contributed by atoms with Crippen molar-refractivity contribution in [3.63, 3.8) is 0 Å². The van der Waals surface area contributed by atoms with Crippen LogP contribution in [0.3, 0.4) is 0 Å². The number of aromatic nitrogens is 1. The second kappa shape index (κ2) is 6.39. The van der Waals surface area contributed by atoms with E-state index < -0.39 is 11.4 Å². The van der Waals surface area contributed by atoms with Gasteiger partial charge < -0.3 is 14.4 Å². The Morgan fingerprint density at radius 1 is 1.50 bits per heavy atom. The highest BCUT2D eigenvalue weighted by molar-refractivity contribution is 7.08. The van der Waals surface area contributed by atoms with Crippen molar-refractivity contribution < 1.29 is 19.1 Å². The summed E-state index contributed by atoms with van der Waals surface area (Å²) in [6.07, 6.45) is 1.43. The first-order valence-corrected chi connectivity index (χ1v) is 8.83. The van der Waals surface area contributed by atoms with Gasteiger partial charge in [-0.25, -0.2) is 4.98 Å². The first-order valence-electron chi connectivity index (χ1n) is 7.89. The summed E-state index contributed by atoms with van der Waals surface area (Å²) in [5.41, 5.74) is 0.649. The van der Waals surface area contributed by atoms with Crippen molar-refractivity contribution in [2.45, 2.75) is 33.1 Å². The van der Waals surface area contributed by atoms with Gasteiger partial charge in [0.05, 0.1) is 17.5 Å². The average Bonchev–Trinajstić information content (AvgIpc) is 3.17. The number of likely N-dealkylation sites (tertiary alicyclic amines) is 1. The molecule has 1 amide bonds. The molecule has 0 spiro atoms. The lowest BCUT2D eigenvalue weighted by atomic mass is 9.82. The maximum absolute atomic E-state index is 12.6. The van der Waals surface area contributed by atoms with Crippen LogP contribution in [0, 0.1) is 12.3 Å². The lowest BCUT2D eigenvalue weighted by molar-refractivity contribution is -0.153. The number of oxazole rings is 1. The molecule has 1 saturated heterocycles. The quantitative estimate of drug-likeness (QED) is 0.918. The molecule has 1 aliphatic heterocycles. The number of aliphatic carboxylic acids is 1. The summed E-state index contributed by atoms with van der Waals surface area (Å²) in [5.74, 6) is 0.195. The van der Waals surface area contributed by atoms with E-state index in [-0.39, 0.29) is 18.9 Å². The van der Waals surface area contributed by atoms with E-state index in [1.54, 1.807) is 30.1 Å². The number of aryl methyl sites for hydroxylation is 1. The van der Waals surface area contributed by atoms with Gasteiger partial charge in [0.1, 0.15) is 5.76 Å². The maximum Gasteiger partial charge on any atom is 0.311 e. The molecule has 0 aromatic carbocycles. The van der Waals surface area contributed by atoms with Gasteiger partial charge in [-0.2, -0.15) is 11.3 Å². The molecular formula is C17H20N2O4S. The van der Waals surface area contributed by atoms with Crippen molar-refractivity contribution in [3.8, 4) is 11.5 Å². The van der Waals surface area contributed by atoms with E-state index >= 15 is 0 Å². The number of thiophene rings is 1.